The van der Waals surface area contributed by atoms with Crippen LogP contribution in [0, 0.1) is 23.6 Å². The van der Waals surface area contributed by atoms with Gasteiger partial charge in [0.1, 0.15) is 40.8 Å². The first-order valence-corrected chi connectivity index (χ1v) is 20.4. The zero-order valence-electron chi connectivity index (χ0n) is 32.1. The molecule has 0 spiro atoms. The summed E-state index contributed by atoms with van der Waals surface area (Å²) in [6.45, 7) is 4.19. The Kier molecular flexibility index (Phi) is 11.2. The van der Waals surface area contributed by atoms with Gasteiger partial charge in [-0.2, -0.15) is 13.2 Å². The van der Waals surface area contributed by atoms with Crippen molar-refractivity contribution in [3.8, 4) is 11.6 Å². The molecule has 4 amide bonds. The SMILES string of the molecule is COc1cc(F)cc2c(O[C@@H]3C[C@H]4C(=O)N[C@]5(C(=O)NS(=O)(=O)C6CC6)C[C@H]5/C=C\CC[C@H](C)C[C@@H](C)[C@H](N(C(=O)O)C(C)(C)C(F)(F)F)C(=O)N4C3)nccc12. The molecule has 1 aromatic carbocycles. The molecule has 19 heteroatoms. The van der Waals surface area contributed by atoms with E-state index in [1.807, 2.05) is 6.92 Å². The molecule has 1 saturated heterocycles. The van der Waals surface area contributed by atoms with Gasteiger partial charge in [-0.1, -0.05) is 26.0 Å². The molecule has 2 aliphatic heterocycles. The van der Waals surface area contributed by atoms with E-state index in [1.54, 1.807) is 18.2 Å². The number of hydrogen-bond donors (Lipinski definition) is 3. The first-order chi connectivity index (χ1) is 26.6. The number of allylic oxidation sites excluding steroid dienone is 1. The van der Waals surface area contributed by atoms with Crippen molar-refractivity contribution in [2.24, 2.45) is 17.8 Å². The van der Waals surface area contributed by atoms with E-state index in [-0.39, 0.29) is 47.1 Å². The second-order valence-corrected chi connectivity index (χ2v) is 18.2. The molecular formula is C38H47F4N5O9S. The molecule has 3 fully saturated rings. The van der Waals surface area contributed by atoms with Crippen LogP contribution in [0.25, 0.3) is 10.8 Å². The van der Waals surface area contributed by atoms with Crippen LogP contribution in [-0.4, -0.2) is 106 Å². The number of nitrogens with zero attached hydrogens (tertiary/aromatic N) is 3. The zero-order valence-corrected chi connectivity index (χ0v) is 33.0. The van der Waals surface area contributed by atoms with Gasteiger partial charge < -0.3 is 24.8 Å². The number of alkyl halides is 3. The normalized spacial score (nSPS) is 29.2. The number of methoxy groups -OCH3 is 1. The van der Waals surface area contributed by atoms with Gasteiger partial charge in [0.05, 0.1) is 24.3 Å². The van der Waals surface area contributed by atoms with Crippen molar-refractivity contribution in [2.45, 2.75) is 113 Å². The third-order valence-corrected chi connectivity index (χ3v) is 13.4. The molecule has 57 heavy (non-hydrogen) atoms. The van der Waals surface area contributed by atoms with Gasteiger partial charge in [0, 0.05) is 30.0 Å². The topological polar surface area (TPSA) is 185 Å². The lowest BCUT2D eigenvalue weighted by Gasteiger charge is -2.45. The van der Waals surface area contributed by atoms with Crippen LogP contribution in [0.3, 0.4) is 0 Å². The van der Waals surface area contributed by atoms with E-state index >= 15 is 0 Å². The molecule has 4 aliphatic rings. The molecule has 312 valence electrons. The number of pyridine rings is 1. The van der Waals surface area contributed by atoms with Gasteiger partial charge in [-0.25, -0.2) is 22.6 Å². The maximum atomic E-state index is 14.9. The van der Waals surface area contributed by atoms with Crippen LogP contribution >= 0.6 is 0 Å². The molecule has 2 saturated carbocycles. The van der Waals surface area contributed by atoms with Crippen molar-refractivity contribution in [3.05, 3.63) is 42.4 Å². The maximum absolute atomic E-state index is 14.9. The number of sulfonamides is 1. The molecule has 0 bridgehead atoms. The Balaban J connectivity index is 1.43. The quantitative estimate of drug-likeness (QED) is 0.244. The molecular weight excluding hydrogens is 779 g/mol. The number of aromatic nitrogens is 1. The fraction of sp³-hybridized carbons (Fsp3) is 0.605. The predicted octanol–water partition coefficient (Wildman–Crippen LogP) is 4.92. The second-order valence-electron chi connectivity index (χ2n) is 16.2. The maximum Gasteiger partial charge on any atom is 0.411 e. The Morgan fingerprint density at radius 2 is 1.81 bits per heavy atom. The van der Waals surface area contributed by atoms with E-state index in [4.69, 9.17) is 9.47 Å². The van der Waals surface area contributed by atoms with Crippen LogP contribution in [0.5, 0.6) is 11.6 Å². The molecule has 3 N–H and O–H groups in total. The van der Waals surface area contributed by atoms with Crippen LogP contribution < -0.4 is 19.5 Å². The van der Waals surface area contributed by atoms with Crippen LogP contribution in [0.1, 0.15) is 72.6 Å². The summed E-state index contributed by atoms with van der Waals surface area (Å²) in [7, 11) is -2.70. The highest BCUT2D eigenvalue weighted by Gasteiger charge is 2.63. The van der Waals surface area contributed by atoms with Crippen LogP contribution in [0.2, 0.25) is 0 Å². The number of hydrogen-bond acceptors (Lipinski definition) is 9. The Hall–Kier alpha value is -4.68. The number of benzene rings is 1. The molecule has 6 rings (SSSR count). The third kappa shape index (κ3) is 8.21. The van der Waals surface area contributed by atoms with Crippen molar-refractivity contribution in [2.75, 3.05) is 13.7 Å². The van der Waals surface area contributed by atoms with E-state index in [1.165, 1.54) is 20.2 Å². The Bertz CT molecular complexity index is 2080. The molecule has 3 heterocycles. The number of amides is 4. The third-order valence-electron chi connectivity index (χ3n) is 11.6. The summed E-state index contributed by atoms with van der Waals surface area (Å²) in [6, 6.07) is 0.372. The monoisotopic (exact) mass is 825 g/mol. The number of rotatable bonds is 8. The molecule has 0 unspecified atom stereocenters. The lowest BCUT2D eigenvalue weighted by molar-refractivity contribution is -0.222. The summed E-state index contributed by atoms with van der Waals surface area (Å²) < 4.78 is 98.0. The predicted molar refractivity (Wildman–Crippen MR) is 197 cm³/mol. The Morgan fingerprint density at radius 1 is 1.11 bits per heavy atom. The summed E-state index contributed by atoms with van der Waals surface area (Å²) in [6.07, 6.45) is -1.86. The van der Waals surface area contributed by atoms with Gasteiger partial charge in [0.25, 0.3) is 5.91 Å². The highest BCUT2D eigenvalue weighted by molar-refractivity contribution is 7.91. The van der Waals surface area contributed by atoms with Gasteiger partial charge in [-0.3, -0.25) is 24.0 Å². The van der Waals surface area contributed by atoms with Crippen molar-refractivity contribution >= 4 is 44.6 Å². The van der Waals surface area contributed by atoms with Crippen molar-refractivity contribution in [1.29, 1.82) is 0 Å². The summed E-state index contributed by atoms with van der Waals surface area (Å²) >= 11 is 0. The number of carbonyl (C=O) groups excluding carboxylic acids is 3. The highest BCUT2D eigenvalue weighted by Crippen LogP contribution is 2.47. The van der Waals surface area contributed by atoms with Crippen LogP contribution in [0.15, 0.2) is 36.5 Å². The summed E-state index contributed by atoms with van der Waals surface area (Å²) in [4.78, 5) is 61.3. The smallest absolute Gasteiger partial charge is 0.411 e. The fourth-order valence-corrected chi connectivity index (χ4v) is 9.46. The van der Waals surface area contributed by atoms with E-state index in [0.29, 0.717) is 44.9 Å². The average Bonchev–Trinajstić information content (AvgIpc) is 4.04. The van der Waals surface area contributed by atoms with Crippen molar-refractivity contribution in [1.82, 2.24) is 24.8 Å². The van der Waals surface area contributed by atoms with Crippen molar-refractivity contribution in [3.63, 3.8) is 0 Å². The molecule has 14 nitrogen and oxygen atoms in total. The largest absolute Gasteiger partial charge is 0.496 e. The number of ether oxygens (including phenoxy) is 2. The summed E-state index contributed by atoms with van der Waals surface area (Å²) in [5, 5.41) is 12.9. The van der Waals surface area contributed by atoms with Gasteiger partial charge >= 0.3 is 12.3 Å². The second kappa shape index (κ2) is 15.2. The number of carbonyl (C=O) groups is 4. The fourth-order valence-electron chi connectivity index (χ4n) is 8.10. The minimum absolute atomic E-state index is 0.0248. The lowest BCUT2D eigenvalue weighted by Crippen LogP contribution is -2.66. The standard InChI is InChI=1S/C38H47F4N5O9S/c1-20-8-6-7-9-22-18-37(22,34(50)45-57(53,54)25-10-11-25)44-31(48)28-17-24(56-32-27-15-23(39)16-29(55-5)26(27)12-13-43-32)19-46(28)33(49)30(21(2)14-20)47(35(51)52)36(3,4)38(40,41)42/h7,9,12-13,15-16,20-22,24-25,28,30H,6,8,10-11,14,17-19H2,1-5H3,(H,44,48)(H,45,50)(H,51,52)/b9-7-/t20-,21+,22+,24+,28-,30-,37+/m0/s1. The van der Waals surface area contributed by atoms with E-state index in [2.05, 4.69) is 15.0 Å². The van der Waals surface area contributed by atoms with Gasteiger partial charge in [0.2, 0.25) is 27.7 Å². The average molecular weight is 826 g/mol. The number of nitrogens with one attached hydrogen (secondary N) is 2. The summed E-state index contributed by atoms with van der Waals surface area (Å²) in [5.74, 6) is -5.46. The molecule has 7 atom stereocenters. The number of fused-ring (bicyclic) bond motifs is 3. The number of halogens is 4. The number of carboxylic acid groups (broad SMARTS) is 1. The Morgan fingerprint density at radius 3 is 2.44 bits per heavy atom. The zero-order chi connectivity index (χ0) is 41.8. The molecule has 0 radical (unpaired) electrons. The Labute approximate surface area is 327 Å². The van der Waals surface area contributed by atoms with Crippen molar-refractivity contribution < 1.29 is 59.7 Å². The highest BCUT2D eigenvalue weighted by atomic mass is 32.2. The van der Waals surface area contributed by atoms with E-state index in [9.17, 15) is 50.3 Å². The lowest BCUT2D eigenvalue weighted by atomic mass is 9.85. The molecule has 1 aromatic heterocycles. The van der Waals surface area contributed by atoms with Crippen LogP contribution in [-0.2, 0) is 24.4 Å². The molecule has 2 aliphatic carbocycles. The van der Waals surface area contributed by atoms with Gasteiger partial charge in [0.15, 0.2) is 0 Å². The summed E-state index contributed by atoms with van der Waals surface area (Å²) in [5.41, 5.74) is -4.81. The molecule has 2 aromatic rings. The van der Waals surface area contributed by atoms with Crippen LogP contribution in [0.4, 0.5) is 22.4 Å². The van der Waals surface area contributed by atoms with Gasteiger partial charge in [-0.05, 0) is 76.3 Å². The minimum atomic E-state index is -5.12. The first-order valence-electron chi connectivity index (χ1n) is 18.8. The van der Waals surface area contributed by atoms with E-state index in [0.717, 1.165) is 17.0 Å². The van der Waals surface area contributed by atoms with E-state index < -0.39 is 98.7 Å². The first kappa shape index (κ1) is 41.9. The van der Waals surface area contributed by atoms with Gasteiger partial charge in [-0.15, -0.1) is 0 Å². The minimum Gasteiger partial charge on any atom is -0.496 e.